The number of fused-ring (bicyclic) bond motifs is 2. The first-order chi connectivity index (χ1) is 16.6. The first-order valence-corrected chi connectivity index (χ1v) is 11.7. The van der Waals surface area contributed by atoms with Crippen molar-refractivity contribution in [1.82, 2.24) is 0 Å². The minimum atomic E-state index is -2.09. The number of hydroxylamine groups is 4. The number of quaternary nitrogens is 2. The second-order valence-electron chi connectivity index (χ2n) is 10.1. The highest BCUT2D eigenvalue weighted by atomic mass is 16.7. The quantitative estimate of drug-likeness (QED) is 0.123. The van der Waals surface area contributed by atoms with Crippen LogP contribution in [0.15, 0.2) is 46.8 Å². The highest BCUT2D eigenvalue weighted by molar-refractivity contribution is 5.33. The van der Waals surface area contributed by atoms with Crippen molar-refractivity contribution in [1.29, 1.82) is 0 Å². The van der Waals surface area contributed by atoms with Crippen molar-refractivity contribution in [2.75, 3.05) is 0 Å². The van der Waals surface area contributed by atoms with Crippen molar-refractivity contribution in [3.63, 3.8) is 0 Å². The summed E-state index contributed by atoms with van der Waals surface area (Å²) in [5, 5.41) is 25.5. The van der Waals surface area contributed by atoms with Crippen molar-refractivity contribution in [2.45, 2.75) is 61.9 Å². The number of allylic oxidation sites excluding steroid dienone is 2. The van der Waals surface area contributed by atoms with Crippen LogP contribution in [0.4, 0.5) is 0 Å². The summed E-state index contributed by atoms with van der Waals surface area (Å²) in [6.07, 6.45) is 6.79. The van der Waals surface area contributed by atoms with Crippen molar-refractivity contribution in [2.24, 2.45) is 57.7 Å². The van der Waals surface area contributed by atoms with E-state index in [9.17, 15) is 10.4 Å². The molecule has 0 radical (unpaired) electrons. The Labute approximate surface area is 206 Å². The maximum absolute atomic E-state index is 13.1. The molecule has 0 aromatic rings. The Kier molecular flexibility index (Phi) is 5.69. The van der Waals surface area contributed by atoms with E-state index >= 15 is 0 Å². The summed E-state index contributed by atoms with van der Waals surface area (Å²) in [5.74, 6) is -8.59. The molecule has 4 aliphatic heterocycles. The Hall–Kier alpha value is -2.32. The average Bonchev–Trinajstić information content (AvgIpc) is 3.16. The molecule has 0 spiro atoms. The van der Waals surface area contributed by atoms with Crippen LogP contribution >= 0.6 is 0 Å². The predicted octanol–water partition coefficient (Wildman–Crippen LogP) is -5.15. The van der Waals surface area contributed by atoms with Gasteiger partial charge in [0.25, 0.3) is 23.4 Å². The fourth-order valence-electron chi connectivity index (χ4n) is 5.23. The van der Waals surface area contributed by atoms with Gasteiger partial charge < -0.3 is 39.5 Å². The Balaban J connectivity index is 1.49. The van der Waals surface area contributed by atoms with Crippen LogP contribution in [0.5, 0.6) is 0 Å². The normalized spacial score (nSPS) is 36.2. The zero-order valence-electron chi connectivity index (χ0n) is 19.6. The van der Waals surface area contributed by atoms with Crippen LogP contribution in [0.2, 0.25) is 0 Å². The Morgan fingerprint density at radius 1 is 0.611 bits per heavy atom. The van der Waals surface area contributed by atoms with Crippen LogP contribution in [0.3, 0.4) is 0 Å². The number of nitrogens with two attached hydrogens (primary N) is 8. The zero-order valence-corrected chi connectivity index (χ0v) is 19.6. The van der Waals surface area contributed by atoms with Crippen LogP contribution in [0.25, 0.3) is 0 Å². The van der Waals surface area contributed by atoms with Gasteiger partial charge in [0.15, 0.2) is 11.4 Å². The molecule has 5 aliphatic rings. The van der Waals surface area contributed by atoms with E-state index < -0.39 is 23.4 Å². The highest BCUT2D eigenvalue weighted by Crippen LogP contribution is 2.42. The molecule has 0 aromatic heterocycles. The molecule has 4 unspecified atom stereocenters. The second kappa shape index (κ2) is 8.09. The molecule has 5 rings (SSSR count). The molecule has 16 nitrogen and oxygen atoms in total. The molecule has 18 N–H and O–H groups in total. The largest absolute Gasteiger partial charge is 0.624 e. The third kappa shape index (κ3) is 3.88. The molecular formula is C20H34N10O6. The number of nitrogens with one attached hydrogen (secondary N) is 2. The van der Waals surface area contributed by atoms with Gasteiger partial charge in [-0.15, -0.1) is 0 Å². The SMILES string of the molecule is NC1(N)OC2=C[NH+]([O-])C(C3CCCCCC(C4=C5OC(N)(N)C(N)(N)OC5=C[NH+]4[O-])C3)=C2OC1(N)N. The molecule has 0 amide bonds. The fourth-order valence-corrected chi connectivity index (χ4v) is 5.23. The number of ether oxygens (including phenoxy) is 4. The lowest BCUT2D eigenvalue weighted by Crippen LogP contribution is -3.00. The summed E-state index contributed by atoms with van der Waals surface area (Å²) in [6, 6.07) is 0. The molecule has 200 valence electrons. The first-order valence-electron chi connectivity index (χ1n) is 11.7. The lowest BCUT2D eigenvalue weighted by atomic mass is 9.80. The monoisotopic (exact) mass is 510 g/mol. The van der Waals surface area contributed by atoms with E-state index in [4.69, 9.17) is 64.8 Å². The Morgan fingerprint density at radius 3 is 1.36 bits per heavy atom. The number of hydrogen-bond acceptors (Lipinski definition) is 14. The summed E-state index contributed by atoms with van der Waals surface area (Å²) in [7, 11) is 0. The summed E-state index contributed by atoms with van der Waals surface area (Å²) in [5.41, 5.74) is 47.8. The molecule has 4 atom stereocenters. The van der Waals surface area contributed by atoms with E-state index in [2.05, 4.69) is 0 Å². The van der Waals surface area contributed by atoms with Gasteiger partial charge >= 0.3 is 0 Å². The summed E-state index contributed by atoms with van der Waals surface area (Å²) in [6.45, 7) is 0. The Bertz CT molecular complexity index is 999. The van der Waals surface area contributed by atoms with Gasteiger partial charge in [0.2, 0.25) is 23.0 Å². The first kappa shape index (κ1) is 25.3. The molecular weight excluding hydrogens is 476 g/mol. The Morgan fingerprint density at radius 2 is 0.972 bits per heavy atom. The lowest BCUT2D eigenvalue weighted by Gasteiger charge is -2.43. The van der Waals surface area contributed by atoms with Crippen LogP contribution < -0.4 is 56.0 Å². The fraction of sp³-hybridized carbons (Fsp3) is 0.600. The van der Waals surface area contributed by atoms with E-state index in [1.54, 1.807) is 0 Å². The van der Waals surface area contributed by atoms with Crippen molar-refractivity contribution in [3.8, 4) is 0 Å². The molecule has 2 saturated heterocycles. The molecule has 1 saturated carbocycles. The summed E-state index contributed by atoms with van der Waals surface area (Å²) in [4.78, 5) is 0. The summed E-state index contributed by atoms with van der Waals surface area (Å²) < 4.78 is 22.5. The highest BCUT2D eigenvalue weighted by Gasteiger charge is 2.57. The van der Waals surface area contributed by atoms with E-state index in [1.165, 1.54) is 12.4 Å². The van der Waals surface area contributed by atoms with Crippen molar-refractivity contribution in [3.05, 3.63) is 57.2 Å². The maximum atomic E-state index is 13.1. The molecule has 3 fully saturated rings. The van der Waals surface area contributed by atoms with Gasteiger partial charge in [-0.2, -0.15) is 0 Å². The average molecular weight is 511 g/mol. The molecule has 0 bridgehead atoms. The summed E-state index contributed by atoms with van der Waals surface area (Å²) >= 11 is 0. The third-order valence-electron chi connectivity index (χ3n) is 7.30. The van der Waals surface area contributed by atoms with E-state index in [1.807, 2.05) is 0 Å². The van der Waals surface area contributed by atoms with Crippen molar-refractivity contribution < 1.29 is 29.1 Å². The molecule has 4 heterocycles. The van der Waals surface area contributed by atoms with Gasteiger partial charge in [0.1, 0.15) is 12.4 Å². The zero-order chi connectivity index (χ0) is 26.3. The van der Waals surface area contributed by atoms with Gasteiger partial charge in [-0.1, -0.05) is 19.3 Å². The van der Waals surface area contributed by atoms with Gasteiger partial charge in [-0.05, 0) is 19.3 Å². The third-order valence-corrected chi connectivity index (χ3v) is 7.30. The standard InChI is InChI=1S/C20H34N10O6/c21-17(22)19(25,26)35-15-11(33-17)7-29(31)13(15)9-4-2-1-3-5-10(6-9)14-16-12(8-30(14)32)34-18(23,24)20(27,28)36-16/h7-10,29-30H,1-6,21-28H2. The molecule has 0 aromatic carbocycles. The minimum absolute atomic E-state index is 0.0651. The van der Waals surface area contributed by atoms with Crippen LogP contribution in [0, 0.1) is 22.3 Å². The van der Waals surface area contributed by atoms with Crippen LogP contribution in [0.1, 0.15) is 38.5 Å². The van der Waals surface area contributed by atoms with Gasteiger partial charge in [0.05, 0.1) is 0 Å². The molecule has 36 heavy (non-hydrogen) atoms. The van der Waals surface area contributed by atoms with E-state index in [-0.39, 0.29) is 45.0 Å². The lowest BCUT2D eigenvalue weighted by molar-refractivity contribution is -0.752. The van der Waals surface area contributed by atoms with E-state index in [0.717, 1.165) is 19.3 Å². The maximum Gasteiger partial charge on any atom is 0.282 e. The van der Waals surface area contributed by atoms with Gasteiger partial charge in [0, 0.05) is 11.8 Å². The van der Waals surface area contributed by atoms with Gasteiger partial charge in [-0.25, -0.2) is 0 Å². The number of hydrogen-bond donors (Lipinski definition) is 10. The predicted molar refractivity (Wildman–Crippen MR) is 122 cm³/mol. The molecule has 1 aliphatic carbocycles. The topological polar surface area (TPSA) is 300 Å². The van der Waals surface area contributed by atoms with Gasteiger partial charge in [-0.3, -0.25) is 45.9 Å². The van der Waals surface area contributed by atoms with Crippen LogP contribution in [-0.2, 0) is 18.9 Å². The number of rotatable bonds is 2. The van der Waals surface area contributed by atoms with Crippen LogP contribution in [-0.4, -0.2) is 23.4 Å². The minimum Gasteiger partial charge on any atom is -0.624 e. The molecule has 16 heteroatoms. The second-order valence-corrected chi connectivity index (χ2v) is 10.1. The van der Waals surface area contributed by atoms with Crippen molar-refractivity contribution >= 4 is 0 Å². The smallest absolute Gasteiger partial charge is 0.282 e. The van der Waals surface area contributed by atoms with E-state index in [0.29, 0.717) is 30.7 Å².